The molecule has 0 radical (unpaired) electrons. The van der Waals surface area contributed by atoms with Crippen molar-refractivity contribution < 1.29 is 14.5 Å². The highest BCUT2D eigenvalue weighted by Crippen LogP contribution is 2.15. The van der Waals surface area contributed by atoms with Crippen molar-refractivity contribution in [2.75, 3.05) is 24.2 Å². The van der Waals surface area contributed by atoms with Crippen LogP contribution in [0, 0.1) is 25.2 Å². The van der Waals surface area contributed by atoms with Gasteiger partial charge in [-0.3, -0.25) is 9.59 Å². The molecule has 0 aliphatic carbocycles. The third kappa shape index (κ3) is 5.66. The van der Waals surface area contributed by atoms with Gasteiger partial charge in [0.05, 0.1) is 18.7 Å². The summed E-state index contributed by atoms with van der Waals surface area (Å²) in [6.45, 7) is 5.87. The van der Waals surface area contributed by atoms with E-state index in [-0.39, 0.29) is 18.4 Å². The van der Waals surface area contributed by atoms with Crippen molar-refractivity contribution in [3.8, 4) is 6.07 Å². The fourth-order valence-corrected chi connectivity index (χ4v) is 2.57. The van der Waals surface area contributed by atoms with Crippen LogP contribution >= 0.6 is 0 Å². The van der Waals surface area contributed by atoms with Crippen LogP contribution in [0.2, 0.25) is 0 Å². The number of nitrogens with one attached hydrogen (secondary N) is 3. The molecule has 0 aliphatic heterocycles. The molecule has 0 saturated heterocycles. The molecule has 2 aromatic rings. The summed E-state index contributed by atoms with van der Waals surface area (Å²) in [5.74, 6) is -0.323. The molecule has 1 unspecified atom stereocenters. The van der Waals surface area contributed by atoms with Crippen LogP contribution in [0.4, 0.5) is 11.4 Å². The molecule has 0 spiro atoms. The molecule has 0 heterocycles. The first-order chi connectivity index (χ1) is 12.8. The number of anilines is 2. The Bertz CT molecular complexity index is 869. The third-order valence-corrected chi connectivity index (χ3v) is 4.52. The SMILES string of the molecule is Cc1ccc(C)c(NC(=O)C[NH+](C)[C@@H](C)C(=O)Nc2ccc(C#N)cc2)c1. The summed E-state index contributed by atoms with van der Waals surface area (Å²) in [5.41, 5.74) is 4.03. The van der Waals surface area contributed by atoms with Gasteiger partial charge >= 0.3 is 0 Å². The summed E-state index contributed by atoms with van der Waals surface area (Å²) in [6, 6.07) is 14.2. The van der Waals surface area contributed by atoms with Crippen molar-refractivity contribution >= 4 is 23.2 Å². The molecule has 0 saturated carbocycles. The molecular weight excluding hydrogens is 340 g/mol. The van der Waals surface area contributed by atoms with E-state index in [4.69, 9.17) is 5.26 Å². The molecule has 27 heavy (non-hydrogen) atoms. The van der Waals surface area contributed by atoms with Gasteiger partial charge in [0.25, 0.3) is 11.8 Å². The van der Waals surface area contributed by atoms with Gasteiger partial charge in [-0.25, -0.2) is 0 Å². The van der Waals surface area contributed by atoms with Crippen LogP contribution < -0.4 is 15.5 Å². The van der Waals surface area contributed by atoms with Crippen LogP contribution in [-0.2, 0) is 9.59 Å². The van der Waals surface area contributed by atoms with E-state index in [2.05, 4.69) is 10.6 Å². The summed E-state index contributed by atoms with van der Waals surface area (Å²) >= 11 is 0. The molecule has 0 bridgehead atoms. The smallest absolute Gasteiger partial charge is 0.282 e. The number of hydrogen-bond donors (Lipinski definition) is 3. The van der Waals surface area contributed by atoms with E-state index >= 15 is 0 Å². The predicted molar refractivity (Wildman–Crippen MR) is 106 cm³/mol. The van der Waals surface area contributed by atoms with Crippen molar-refractivity contribution in [3.05, 3.63) is 59.2 Å². The summed E-state index contributed by atoms with van der Waals surface area (Å²) < 4.78 is 0. The van der Waals surface area contributed by atoms with Crippen LogP contribution in [0.1, 0.15) is 23.6 Å². The van der Waals surface area contributed by atoms with Crippen molar-refractivity contribution in [3.63, 3.8) is 0 Å². The highest BCUT2D eigenvalue weighted by atomic mass is 16.2. The minimum absolute atomic E-state index is 0.140. The first-order valence-electron chi connectivity index (χ1n) is 8.80. The second-order valence-corrected chi connectivity index (χ2v) is 6.79. The number of nitrogens with zero attached hydrogens (tertiary/aromatic N) is 1. The van der Waals surface area contributed by atoms with Crippen molar-refractivity contribution in [1.29, 1.82) is 5.26 Å². The van der Waals surface area contributed by atoms with Crippen molar-refractivity contribution in [2.45, 2.75) is 26.8 Å². The number of benzene rings is 2. The van der Waals surface area contributed by atoms with Gasteiger partial charge in [-0.15, -0.1) is 0 Å². The van der Waals surface area contributed by atoms with Crippen molar-refractivity contribution in [1.82, 2.24) is 0 Å². The second-order valence-electron chi connectivity index (χ2n) is 6.79. The lowest BCUT2D eigenvalue weighted by Gasteiger charge is -2.21. The van der Waals surface area contributed by atoms with Gasteiger partial charge < -0.3 is 15.5 Å². The van der Waals surface area contributed by atoms with Gasteiger partial charge in [-0.1, -0.05) is 12.1 Å². The Labute approximate surface area is 159 Å². The number of carbonyl (C=O) groups is 2. The zero-order valence-corrected chi connectivity index (χ0v) is 16.1. The maximum atomic E-state index is 12.4. The number of quaternary nitrogens is 1. The Morgan fingerprint density at radius 2 is 1.78 bits per heavy atom. The maximum Gasteiger partial charge on any atom is 0.282 e. The number of hydrogen-bond acceptors (Lipinski definition) is 3. The van der Waals surface area contributed by atoms with Gasteiger partial charge in [0.15, 0.2) is 12.6 Å². The average molecular weight is 365 g/mol. The molecule has 0 aromatic heterocycles. The molecule has 3 N–H and O–H groups in total. The molecule has 140 valence electrons. The average Bonchev–Trinajstić information content (AvgIpc) is 2.64. The van der Waals surface area contributed by atoms with Crippen LogP contribution in [-0.4, -0.2) is 31.4 Å². The Kier molecular flexibility index (Phi) is 6.69. The van der Waals surface area contributed by atoms with Crippen molar-refractivity contribution in [2.24, 2.45) is 0 Å². The summed E-state index contributed by atoms with van der Waals surface area (Å²) in [7, 11) is 1.81. The van der Waals surface area contributed by atoms with Gasteiger partial charge in [0.1, 0.15) is 0 Å². The lowest BCUT2D eigenvalue weighted by atomic mass is 10.1. The third-order valence-electron chi connectivity index (χ3n) is 4.52. The van der Waals surface area contributed by atoms with Crippen LogP contribution in [0.5, 0.6) is 0 Å². The molecule has 6 nitrogen and oxygen atoms in total. The Hall–Kier alpha value is -3.17. The number of rotatable bonds is 6. The summed E-state index contributed by atoms with van der Waals surface area (Å²) in [6.07, 6.45) is 0. The number of amides is 2. The molecule has 2 rings (SSSR count). The fourth-order valence-electron chi connectivity index (χ4n) is 2.57. The second kappa shape index (κ2) is 8.97. The lowest BCUT2D eigenvalue weighted by Crippen LogP contribution is -3.14. The molecule has 0 aliphatic rings. The first-order valence-corrected chi connectivity index (χ1v) is 8.80. The van der Waals surface area contributed by atoms with Gasteiger partial charge in [-0.2, -0.15) is 5.26 Å². The van der Waals surface area contributed by atoms with Crippen LogP contribution in [0.15, 0.2) is 42.5 Å². The van der Waals surface area contributed by atoms with E-state index in [1.807, 2.05) is 45.2 Å². The lowest BCUT2D eigenvalue weighted by molar-refractivity contribution is -0.885. The normalized spacial score (nSPS) is 12.6. The molecule has 6 heteroatoms. The van der Waals surface area contributed by atoms with Gasteiger partial charge in [0, 0.05) is 11.4 Å². The van der Waals surface area contributed by atoms with E-state index in [0.29, 0.717) is 11.3 Å². The molecule has 0 fully saturated rings. The van der Waals surface area contributed by atoms with Gasteiger partial charge in [0.2, 0.25) is 0 Å². The van der Waals surface area contributed by atoms with E-state index < -0.39 is 6.04 Å². The Morgan fingerprint density at radius 3 is 2.41 bits per heavy atom. The topological polar surface area (TPSA) is 86.4 Å². The predicted octanol–water partition coefficient (Wildman–Crippen LogP) is 1.66. The number of nitriles is 1. The van der Waals surface area contributed by atoms with Crippen LogP contribution in [0.3, 0.4) is 0 Å². The minimum atomic E-state index is -0.412. The molecular formula is C21H25N4O2+. The fraction of sp³-hybridized carbons (Fsp3) is 0.286. The highest BCUT2D eigenvalue weighted by molar-refractivity contribution is 5.94. The monoisotopic (exact) mass is 365 g/mol. The summed E-state index contributed by atoms with van der Waals surface area (Å²) in [5, 5.41) is 14.5. The van der Waals surface area contributed by atoms with E-state index in [1.165, 1.54) is 0 Å². The van der Waals surface area contributed by atoms with E-state index in [1.54, 1.807) is 31.2 Å². The zero-order valence-electron chi connectivity index (χ0n) is 16.1. The molecule has 2 atom stereocenters. The zero-order chi connectivity index (χ0) is 20.0. The minimum Gasteiger partial charge on any atom is -0.321 e. The first kappa shape index (κ1) is 20.1. The van der Waals surface area contributed by atoms with Gasteiger partial charge in [-0.05, 0) is 62.2 Å². The Morgan fingerprint density at radius 1 is 1.11 bits per heavy atom. The largest absolute Gasteiger partial charge is 0.321 e. The number of likely N-dealkylation sites (N-methyl/N-ethyl adjacent to an activating group) is 1. The number of carbonyl (C=O) groups excluding carboxylic acids is 2. The maximum absolute atomic E-state index is 12.4. The Balaban J connectivity index is 1.92. The molecule has 2 amide bonds. The number of aryl methyl sites for hydroxylation is 2. The standard InChI is InChI=1S/C21H24N4O2/c1-14-5-6-15(2)19(11-14)24-20(26)13-25(4)16(3)21(27)23-18-9-7-17(12-22)8-10-18/h5-11,16H,13H2,1-4H3,(H,23,27)(H,24,26)/p+1/t16-/m0/s1. The van der Waals surface area contributed by atoms with E-state index in [0.717, 1.165) is 21.7 Å². The quantitative estimate of drug-likeness (QED) is 0.728. The van der Waals surface area contributed by atoms with E-state index in [9.17, 15) is 9.59 Å². The van der Waals surface area contributed by atoms with Crippen LogP contribution in [0.25, 0.3) is 0 Å². The molecule has 2 aromatic carbocycles. The summed E-state index contributed by atoms with van der Waals surface area (Å²) in [4.78, 5) is 25.5. The highest BCUT2D eigenvalue weighted by Gasteiger charge is 2.24.